The fourth-order valence-corrected chi connectivity index (χ4v) is 3.32. The van der Waals surface area contributed by atoms with Crippen LogP contribution in [0.4, 0.5) is 0 Å². The Morgan fingerprint density at radius 3 is 2.68 bits per heavy atom. The number of furan rings is 1. The normalized spacial score (nSPS) is 21.4. The van der Waals surface area contributed by atoms with Crippen molar-refractivity contribution in [2.24, 2.45) is 0 Å². The minimum atomic E-state index is -0.924. The minimum Gasteiger partial charge on any atom is -0.440 e. The fraction of sp³-hybridized carbons (Fsp3) is 0.368. The van der Waals surface area contributed by atoms with E-state index in [-0.39, 0.29) is 22.8 Å². The molecule has 2 aromatic rings. The van der Waals surface area contributed by atoms with Gasteiger partial charge >= 0.3 is 0 Å². The maximum atomic E-state index is 12.8. The van der Waals surface area contributed by atoms with E-state index in [1.807, 2.05) is 23.1 Å². The van der Waals surface area contributed by atoms with Crippen LogP contribution in [0.3, 0.4) is 0 Å². The molecule has 1 aromatic carbocycles. The van der Waals surface area contributed by atoms with Crippen LogP contribution in [0.1, 0.15) is 42.3 Å². The molecule has 1 saturated heterocycles. The monoisotopic (exact) mass is 360 g/mol. The molecule has 5 nitrogen and oxygen atoms in total. The van der Waals surface area contributed by atoms with Crippen LogP contribution in [0.25, 0.3) is 0 Å². The number of hydrogen-bond acceptors (Lipinski definition) is 3. The van der Waals surface area contributed by atoms with Crippen LogP contribution in [-0.4, -0.2) is 35.3 Å². The Kier molecular flexibility index (Phi) is 4.86. The number of carbonyl (C=O) groups is 2. The van der Waals surface area contributed by atoms with Gasteiger partial charge in [-0.05, 0) is 48.6 Å². The van der Waals surface area contributed by atoms with Gasteiger partial charge in [0.25, 0.3) is 5.91 Å². The van der Waals surface area contributed by atoms with Crippen molar-refractivity contribution >= 4 is 23.4 Å². The molecule has 1 fully saturated rings. The van der Waals surface area contributed by atoms with Crippen LogP contribution in [-0.2, 0) is 4.79 Å². The molecule has 132 valence electrons. The van der Waals surface area contributed by atoms with Crippen LogP contribution in [0, 0.1) is 0 Å². The molecule has 3 rings (SSSR count). The first-order chi connectivity index (χ1) is 11.9. The van der Waals surface area contributed by atoms with Gasteiger partial charge in [-0.1, -0.05) is 37.3 Å². The standard InChI is InChI=1S/C19H21ClN2O3/c1-13(14-6-4-3-5-7-14)12-22-11-10-19(2,18(22)24)21-17(23)15-8-9-16(20)25-15/h3-9,13H,10-12H2,1-2H3,(H,21,23). The smallest absolute Gasteiger partial charge is 0.287 e. The average molecular weight is 361 g/mol. The Labute approximate surface area is 151 Å². The quantitative estimate of drug-likeness (QED) is 0.888. The lowest BCUT2D eigenvalue weighted by molar-refractivity contribution is -0.132. The molecule has 6 heteroatoms. The first-order valence-corrected chi connectivity index (χ1v) is 8.69. The zero-order chi connectivity index (χ0) is 18.0. The summed E-state index contributed by atoms with van der Waals surface area (Å²) in [6.07, 6.45) is 0.563. The SMILES string of the molecule is CC(CN1CCC(C)(NC(=O)c2ccc(Cl)o2)C1=O)c1ccccc1. The van der Waals surface area contributed by atoms with Crippen molar-refractivity contribution in [1.29, 1.82) is 0 Å². The molecule has 0 bridgehead atoms. The van der Waals surface area contributed by atoms with Crippen LogP contribution in [0.2, 0.25) is 5.22 Å². The number of carbonyl (C=O) groups excluding carboxylic acids is 2. The van der Waals surface area contributed by atoms with E-state index >= 15 is 0 Å². The highest BCUT2D eigenvalue weighted by atomic mass is 35.5. The van der Waals surface area contributed by atoms with Gasteiger partial charge < -0.3 is 14.6 Å². The van der Waals surface area contributed by atoms with Crippen LogP contribution in [0.15, 0.2) is 46.9 Å². The summed E-state index contributed by atoms with van der Waals surface area (Å²) in [7, 11) is 0. The average Bonchev–Trinajstić information content (AvgIpc) is 3.15. The van der Waals surface area contributed by atoms with Crippen LogP contribution < -0.4 is 5.32 Å². The Morgan fingerprint density at radius 1 is 1.32 bits per heavy atom. The number of rotatable bonds is 5. The number of nitrogens with zero attached hydrogens (tertiary/aromatic N) is 1. The Bertz CT molecular complexity index is 774. The highest BCUT2D eigenvalue weighted by Crippen LogP contribution is 2.26. The molecule has 1 aromatic heterocycles. The first-order valence-electron chi connectivity index (χ1n) is 8.31. The highest BCUT2D eigenvalue weighted by molar-refractivity contribution is 6.29. The summed E-state index contributed by atoms with van der Waals surface area (Å²) in [5.74, 6) is -0.163. The van der Waals surface area contributed by atoms with Crippen molar-refractivity contribution in [2.75, 3.05) is 13.1 Å². The molecule has 2 amide bonds. The zero-order valence-electron chi connectivity index (χ0n) is 14.3. The van der Waals surface area contributed by atoms with Gasteiger partial charge in [0.15, 0.2) is 11.0 Å². The summed E-state index contributed by atoms with van der Waals surface area (Å²) in [4.78, 5) is 26.9. The summed E-state index contributed by atoms with van der Waals surface area (Å²) in [6, 6.07) is 13.1. The van der Waals surface area contributed by atoms with Gasteiger partial charge in [-0.2, -0.15) is 0 Å². The van der Waals surface area contributed by atoms with Crippen LogP contribution >= 0.6 is 11.6 Å². The van der Waals surface area contributed by atoms with E-state index in [4.69, 9.17) is 16.0 Å². The summed E-state index contributed by atoms with van der Waals surface area (Å²) in [5, 5.41) is 2.94. The molecule has 0 spiro atoms. The molecular weight excluding hydrogens is 340 g/mol. The molecule has 0 aliphatic carbocycles. The minimum absolute atomic E-state index is 0.0683. The van der Waals surface area contributed by atoms with Gasteiger partial charge in [0.1, 0.15) is 5.54 Å². The van der Waals surface area contributed by atoms with Gasteiger partial charge in [0.05, 0.1) is 0 Å². The van der Waals surface area contributed by atoms with Crippen molar-refractivity contribution < 1.29 is 14.0 Å². The van der Waals surface area contributed by atoms with Gasteiger partial charge in [-0.25, -0.2) is 0 Å². The van der Waals surface area contributed by atoms with Gasteiger partial charge in [-0.15, -0.1) is 0 Å². The van der Waals surface area contributed by atoms with Crippen molar-refractivity contribution in [2.45, 2.75) is 31.7 Å². The summed E-state index contributed by atoms with van der Waals surface area (Å²) >= 11 is 5.70. The predicted octanol–water partition coefficient (Wildman–Crippen LogP) is 3.46. The molecule has 0 saturated carbocycles. The van der Waals surface area contributed by atoms with Crippen molar-refractivity contribution in [3.63, 3.8) is 0 Å². The second kappa shape index (κ2) is 6.92. The van der Waals surface area contributed by atoms with Crippen molar-refractivity contribution in [3.05, 3.63) is 59.0 Å². The van der Waals surface area contributed by atoms with E-state index in [1.54, 1.807) is 6.92 Å². The molecule has 0 radical (unpaired) electrons. The second-order valence-electron chi connectivity index (χ2n) is 6.70. The van der Waals surface area contributed by atoms with Gasteiger partial charge in [0, 0.05) is 13.1 Å². The highest BCUT2D eigenvalue weighted by Gasteiger charge is 2.44. The van der Waals surface area contributed by atoms with Gasteiger partial charge in [-0.3, -0.25) is 9.59 Å². The fourth-order valence-electron chi connectivity index (χ4n) is 3.17. The largest absolute Gasteiger partial charge is 0.440 e. The number of halogens is 1. The molecule has 1 aliphatic rings. The van der Waals surface area contributed by atoms with E-state index in [0.29, 0.717) is 19.5 Å². The lowest BCUT2D eigenvalue weighted by Gasteiger charge is -2.26. The van der Waals surface area contributed by atoms with E-state index < -0.39 is 11.4 Å². The lowest BCUT2D eigenvalue weighted by Crippen LogP contribution is -2.52. The maximum absolute atomic E-state index is 12.8. The summed E-state index contributed by atoms with van der Waals surface area (Å²) in [6.45, 7) is 5.10. The van der Waals surface area contributed by atoms with E-state index in [9.17, 15) is 9.59 Å². The molecule has 1 aliphatic heterocycles. The molecule has 2 unspecified atom stereocenters. The van der Waals surface area contributed by atoms with Crippen LogP contribution in [0.5, 0.6) is 0 Å². The first kappa shape index (κ1) is 17.5. The third kappa shape index (κ3) is 3.71. The topological polar surface area (TPSA) is 62.6 Å². The third-order valence-electron chi connectivity index (χ3n) is 4.69. The van der Waals surface area contributed by atoms with Crippen molar-refractivity contribution in [3.8, 4) is 0 Å². The van der Waals surface area contributed by atoms with Gasteiger partial charge in [0.2, 0.25) is 5.91 Å². The number of nitrogens with one attached hydrogen (secondary N) is 1. The molecule has 2 atom stereocenters. The van der Waals surface area contributed by atoms with E-state index in [0.717, 1.165) is 0 Å². The van der Waals surface area contributed by atoms with E-state index in [1.165, 1.54) is 17.7 Å². The molecular formula is C19H21ClN2O3. The second-order valence-corrected chi connectivity index (χ2v) is 7.08. The summed E-state index contributed by atoms with van der Waals surface area (Å²) in [5.41, 5.74) is 0.269. The predicted molar refractivity (Wildman–Crippen MR) is 95.6 cm³/mol. The molecule has 1 N–H and O–H groups in total. The Hall–Kier alpha value is -2.27. The zero-order valence-corrected chi connectivity index (χ0v) is 15.0. The number of likely N-dealkylation sites (tertiary alicyclic amines) is 1. The number of benzene rings is 1. The Balaban J connectivity index is 1.65. The van der Waals surface area contributed by atoms with E-state index in [2.05, 4.69) is 24.4 Å². The lowest BCUT2D eigenvalue weighted by atomic mass is 9.99. The maximum Gasteiger partial charge on any atom is 0.287 e. The molecule has 2 heterocycles. The summed E-state index contributed by atoms with van der Waals surface area (Å²) < 4.78 is 5.11. The number of hydrogen-bond donors (Lipinski definition) is 1. The Morgan fingerprint density at radius 2 is 2.04 bits per heavy atom. The number of amides is 2. The van der Waals surface area contributed by atoms with Crippen molar-refractivity contribution in [1.82, 2.24) is 10.2 Å². The third-order valence-corrected chi connectivity index (χ3v) is 4.89. The molecule has 25 heavy (non-hydrogen) atoms.